The van der Waals surface area contributed by atoms with Gasteiger partial charge in [0, 0.05) is 22.8 Å². The number of carboxylic acid groups (broad SMARTS) is 1. The number of carbonyl (C=O) groups is 1. The average molecular weight is 264 g/mol. The number of pyridine rings is 1. The largest absolute Gasteiger partial charge is 0.465 e. The van der Waals surface area contributed by atoms with Crippen LogP contribution in [0.2, 0.25) is 0 Å². The van der Waals surface area contributed by atoms with E-state index >= 15 is 0 Å². The summed E-state index contributed by atoms with van der Waals surface area (Å²) >= 11 is 0. The van der Waals surface area contributed by atoms with E-state index in [-0.39, 0.29) is 0 Å². The van der Waals surface area contributed by atoms with E-state index in [1.807, 2.05) is 42.5 Å². The third kappa shape index (κ3) is 2.31. The number of amides is 1. The molecule has 0 atom stereocenters. The molecular formula is C16H12N2O2. The Morgan fingerprint density at radius 3 is 2.60 bits per heavy atom. The fourth-order valence-electron chi connectivity index (χ4n) is 2.21. The molecule has 1 heterocycles. The molecule has 0 bridgehead atoms. The van der Waals surface area contributed by atoms with Crippen molar-refractivity contribution in [2.75, 3.05) is 5.32 Å². The van der Waals surface area contributed by atoms with Crippen LogP contribution < -0.4 is 5.32 Å². The molecule has 4 nitrogen and oxygen atoms in total. The summed E-state index contributed by atoms with van der Waals surface area (Å²) in [5.74, 6) is 0. The lowest BCUT2D eigenvalue weighted by Crippen LogP contribution is -2.06. The molecule has 0 spiro atoms. The molecule has 98 valence electrons. The molecule has 0 unspecified atom stereocenters. The van der Waals surface area contributed by atoms with E-state index < -0.39 is 6.09 Å². The van der Waals surface area contributed by atoms with Crippen molar-refractivity contribution in [2.24, 2.45) is 0 Å². The van der Waals surface area contributed by atoms with Gasteiger partial charge in [0.25, 0.3) is 0 Å². The summed E-state index contributed by atoms with van der Waals surface area (Å²) < 4.78 is 0. The molecule has 3 aromatic rings. The number of aromatic nitrogens is 1. The van der Waals surface area contributed by atoms with Gasteiger partial charge in [-0.05, 0) is 23.6 Å². The Morgan fingerprint density at radius 1 is 1.05 bits per heavy atom. The number of hydrogen-bond acceptors (Lipinski definition) is 2. The lowest BCUT2D eigenvalue weighted by Gasteiger charge is -2.07. The van der Waals surface area contributed by atoms with Crippen LogP contribution in [0.25, 0.3) is 22.0 Å². The number of nitrogens with one attached hydrogen (secondary N) is 1. The predicted molar refractivity (Wildman–Crippen MR) is 78.8 cm³/mol. The first-order valence-corrected chi connectivity index (χ1v) is 6.18. The van der Waals surface area contributed by atoms with Crippen molar-refractivity contribution in [3.8, 4) is 11.3 Å². The molecule has 1 amide bonds. The van der Waals surface area contributed by atoms with Crippen LogP contribution in [0.5, 0.6) is 0 Å². The van der Waals surface area contributed by atoms with Gasteiger partial charge in [-0.1, -0.05) is 36.4 Å². The fourth-order valence-corrected chi connectivity index (χ4v) is 2.21. The number of rotatable bonds is 2. The number of hydrogen-bond donors (Lipinski definition) is 2. The number of anilines is 1. The second kappa shape index (κ2) is 5.01. The summed E-state index contributed by atoms with van der Waals surface area (Å²) in [6.45, 7) is 0. The quantitative estimate of drug-likeness (QED) is 0.735. The molecule has 1 aromatic heterocycles. The van der Waals surface area contributed by atoms with Crippen molar-refractivity contribution < 1.29 is 9.90 Å². The van der Waals surface area contributed by atoms with Crippen molar-refractivity contribution in [2.45, 2.75) is 0 Å². The second-order valence-corrected chi connectivity index (χ2v) is 4.39. The van der Waals surface area contributed by atoms with E-state index in [4.69, 9.17) is 5.11 Å². The average Bonchev–Trinajstić information content (AvgIpc) is 2.46. The molecule has 0 aliphatic heterocycles. The maximum atomic E-state index is 10.7. The van der Waals surface area contributed by atoms with Gasteiger partial charge in [0.05, 0.1) is 5.69 Å². The summed E-state index contributed by atoms with van der Waals surface area (Å²) in [5, 5.41) is 13.0. The summed E-state index contributed by atoms with van der Waals surface area (Å²) in [6.07, 6.45) is 0.663. The molecule has 0 aliphatic rings. The Labute approximate surface area is 115 Å². The first kappa shape index (κ1) is 12.2. The first-order valence-electron chi connectivity index (χ1n) is 6.18. The van der Waals surface area contributed by atoms with Gasteiger partial charge in [-0.15, -0.1) is 0 Å². The van der Waals surface area contributed by atoms with Crippen molar-refractivity contribution in [3.63, 3.8) is 0 Å². The minimum atomic E-state index is -1.07. The summed E-state index contributed by atoms with van der Waals surface area (Å²) in [6, 6.07) is 17.2. The zero-order valence-corrected chi connectivity index (χ0v) is 10.6. The second-order valence-electron chi connectivity index (χ2n) is 4.39. The molecule has 2 aromatic carbocycles. The Hall–Kier alpha value is -2.88. The molecule has 2 N–H and O–H groups in total. The highest BCUT2D eigenvalue weighted by atomic mass is 16.4. The highest BCUT2D eigenvalue weighted by Crippen LogP contribution is 2.28. The van der Waals surface area contributed by atoms with Gasteiger partial charge >= 0.3 is 6.09 Å². The van der Waals surface area contributed by atoms with Crippen LogP contribution in [0.15, 0.2) is 60.8 Å². The van der Waals surface area contributed by atoms with Gasteiger partial charge in [-0.2, -0.15) is 0 Å². The zero-order chi connectivity index (χ0) is 13.9. The first-order chi connectivity index (χ1) is 9.74. The van der Waals surface area contributed by atoms with Gasteiger partial charge in [0.1, 0.15) is 0 Å². The van der Waals surface area contributed by atoms with Crippen molar-refractivity contribution >= 4 is 22.6 Å². The molecule has 0 saturated heterocycles. The van der Waals surface area contributed by atoms with E-state index in [0.717, 1.165) is 22.0 Å². The van der Waals surface area contributed by atoms with E-state index in [9.17, 15) is 4.79 Å². The van der Waals surface area contributed by atoms with Gasteiger partial charge in [-0.3, -0.25) is 10.3 Å². The third-order valence-electron chi connectivity index (χ3n) is 3.06. The molecule has 20 heavy (non-hydrogen) atoms. The minimum Gasteiger partial charge on any atom is -0.465 e. The minimum absolute atomic E-state index is 0.551. The van der Waals surface area contributed by atoms with Crippen LogP contribution in [0.1, 0.15) is 0 Å². The number of benzene rings is 2. The monoisotopic (exact) mass is 264 g/mol. The van der Waals surface area contributed by atoms with E-state index in [1.165, 1.54) is 0 Å². The van der Waals surface area contributed by atoms with Gasteiger partial charge in [0.2, 0.25) is 0 Å². The van der Waals surface area contributed by atoms with Crippen molar-refractivity contribution in [3.05, 3.63) is 60.8 Å². The van der Waals surface area contributed by atoms with Gasteiger partial charge in [-0.25, -0.2) is 4.79 Å². The molecule has 0 radical (unpaired) electrons. The van der Waals surface area contributed by atoms with Crippen molar-refractivity contribution in [1.82, 2.24) is 4.98 Å². The van der Waals surface area contributed by atoms with Gasteiger partial charge in [0.15, 0.2) is 0 Å². The molecule has 3 rings (SSSR count). The topological polar surface area (TPSA) is 62.2 Å². The van der Waals surface area contributed by atoms with Crippen LogP contribution in [0, 0.1) is 0 Å². The maximum Gasteiger partial charge on any atom is 0.409 e. The highest BCUT2D eigenvalue weighted by molar-refractivity contribution is 5.97. The molecular weight excluding hydrogens is 252 g/mol. The van der Waals surface area contributed by atoms with E-state index in [2.05, 4.69) is 10.3 Å². The van der Waals surface area contributed by atoms with E-state index in [1.54, 1.807) is 18.3 Å². The predicted octanol–water partition coefficient (Wildman–Crippen LogP) is 3.99. The van der Waals surface area contributed by atoms with Crippen LogP contribution in [-0.4, -0.2) is 16.2 Å². The smallest absolute Gasteiger partial charge is 0.409 e. The van der Waals surface area contributed by atoms with Crippen LogP contribution in [0.3, 0.4) is 0 Å². The summed E-state index contributed by atoms with van der Waals surface area (Å²) in [5.41, 5.74) is 2.48. The lowest BCUT2D eigenvalue weighted by atomic mass is 10.0. The number of nitrogens with zero attached hydrogens (tertiary/aromatic N) is 1. The molecule has 0 fully saturated rings. The third-order valence-corrected chi connectivity index (χ3v) is 3.06. The molecule has 4 heteroatoms. The Kier molecular flexibility index (Phi) is 3.05. The Morgan fingerprint density at radius 2 is 1.85 bits per heavy atom. The standard InChI is InChI=1S/C16H12N2O2/c19-16(20)18-13-6-7-14-12(10-13)8-9-17-15(14)11-4-2-1-3-5-11/h1-10,18H,(H,19,20). The number of fused-ring (bicyclic) bond motifs is 1. The molecule has 0 aliphatic carbocycles. The Bertz CT molecular complexity index is 770. The zero-order valence-electron chi connectivity index (χ0n) is 10.6. The SMILES string of the molecule is O=C(O)Nc1ccc2c(-c3ccccc3)nccc2c1. The van der Waals surface area contributed by atoms with Gasteiger partial charge < -0.3 is 5.11 Å². The Balaban J connectivity index is 2.14. The fraction of sp³-hybridized carbons (Fsp3) is 0. The maximum absolute atomic E-state index is 10.7. The summed E-state index contributed by atoms with van der Waals surface area (Å²) in [4.78, 5) is 15.1. The van der Waals surface area contributed by atoms with Crippen molar-refractivity contribution in [1.29, 1.82) is 0 Å². The van der Waals surface area contributed by atoms with Crippen LogP contribution >= 0.6 is 0 Å². The van der Waals surface area contributed by atoms with Crippen LogP contribution in [0.4, 0.5) is 10.5 Å². The highest BCUT2D eigenvalue weighted by Gasteiger charge is 2.06. The van der Waals surface area contributed by atoms with Crippen LogP contribution in [-0.2, 0) is 0 Å². The summed E-state index contributed by atoms with van der Waals surface area (Å²) in [7, 11) is 0. The van der Waals surface area contributed by atoms with E-state index in [0.29, 0.717) is 5.69 Å². The lowest BCUT2D eigenvalue weighted by molar-refractivity contribution is 0.210. The molecule has 0 saturated carbocycles. The normalized spacial score (nSPS) is 10.4.